The molecule has 0 aromatic carbocycles. The SMILES string of the molecule is CN(C(=O)N1CCC(NC(=O)N2CCOCC2)CC1)C1CCCC1. The van der Waals surface area contributed by atoms with Crippen molar-refractivity contribution < 1.29 is 14.3 Å². The first kappa shape index (κ1) is 17.3. The average molecular weight is 338 g/mol. The molecule has 0 bridgehead atoms. The maximum absolute atomic E-state index is 12.6. The lowest BCUT2D eigenvalue weighted by molar-refractivity contribution is 0.0517. The van der Waals surface area contributed by atoms with E-state index in [-0.39, 0.29) is 18.1 Å². The number of carbonyl (C=O) groups excluding carboxylic acids is 2. The molecule has 2 heterocycles. The van der Waals surface area contributed by atoms with Crippen LogP contribution in [0.2, 0.25) is 0 Å². The van der Waals surface area contributed by atoms with Crippen LogP contribution in [0.3, 0.4) is 0 Å². The fourth-order valence-electron chi connectivity index (χ4n) is 3.92. The number of ether oxygens (including phenoxy) is 1. The van der Waals surface area contributed by atoms with E-state index in [0.717, 1.165) is 38.8 Å². The van der Waals surface area contributed by atoms with Crippen LogP contribution in [-0.2, 0) is 4.74 Å². The van der Waals surface area contributed by atoms with Crippen molar-refractivity contribution in [3.8, 4) is 0 Å². The van der Waals surface area contributed by atoms with Crippen LogP contribution in [0.25, 0.3) is 0 Å². The Bertz CT molecular complexity index is 439. The van der Waals surface area contributed by atoms with E-state index in [1.54, 1.807) is 0 Å². The van der Waals surface area contributed by atoms with Crippen LogP contribution in [0.4, 0.5) is 9.59 Å². The van der Waals surface area contributed by atoms with Gasteiger partial charge < -0.3 is 24.8 Å². The Kier molecular flexibility index (Phi) is 5.81. The summed E-state index contributed by atoms with van der Waals surface area (Å²) in [5.74, 6) is 0. The summed E-state index contributed by atoms with van der Waals surface area (Å²) in [4.78, 5) is 30.5. The molecule has 2 saturated heterocycles. The molecule has 7 heteroatoms. The summed E-state index contributed by atoms with van der Waals surface area (Å²) < 4.78 is 5.27. The molecule has 3 fully saturated rings. The molecule has 24 heavy (non-hydrogen) atoms. The number of urea groups is 2. The number of nitrogens with one attached hydrogen (secondary N) is 1. The highest BCUT2D eigenvalue weighted by Gasteiger charge is 2.30. The smallest absolute Gasteiger partial charge is 0.319 e. The first-order valence-electron chi connectivity index (χ1n) is 9.30. The van der Waals surface area contributed by atoms with Gasteiger partial charge in [-0.25, -0.2) is 9.59 Å². The molecule has 136 valence electrons. The third-order valence-corrected chi connectivity index (χ3v) is 5.57. The van der Waals surface area contributed by atoms with Gasteiger partial charge in [-0.1, -0.05) is 12.8 Å². The molecule has 0 radical (unpaired) electrons. The number of nitrogens with zero attached hydrogens (tertiary/aromatic N) is 3. The molecule has 0 spiro atoms. The van der Waals surface area contributed by atoms with E-state index in [1.165, 1.54) is 12.8 Å². The normalized spacial score (nSPS) is 23.4. The third-order valence-electron chi connectivity index (χ3n) is 5.57. The fourth-order valence-corrected chi connectivity index (χ4v) is 3.92. The molecule has 0 aromatic rings. The van der Waals surface area contributed by atoms with E-state index in [4.69, 9.17) is 4.74 Å². The van der Waals surface area contributed by atoms with Crippen molar-refractivity contribution in [1.29, 1.82) is 0 Å². The maximum atomic E-state index is 12.6. The molecular formula is C17H30N4O3. The van der Waals surface area contributed by atoms with E-state index >= 15 is 0 Å². The number of amides is 4. The number of likely N-dealkylation sites (tertiary alicyclic amines) is 1. The number of hydrogen-bond donors (Lipinski definition) is 1. The van der Waals surface area contributed by atoms with Crippen molar-refractivity contribution in [3.05, 3.63) is 0 Å². The van der Waals surface area contributed by atoms with Crippen molar-refractivity contribution in [1.82, 2.24) is 20.0 Å². The average Bonchev–Trinajstić information content (AvgIpc) is 3.16. The highest BCUT2D eigenvalue weighted by atomic mass is 16.5. The number of hydrogen-bond acceptors (Lipinski definition) is 3. The van der Waals surface area contributed by atoms with Gasteiger partial charge in [0.15, 0.2) is 0 Å². The maximum Gasteiger partial charge on any atom is 0.319 e. The zero-order chi connectivity index (χ0) is 16.9. The zero-order valence-electron chi connectivity index (χ0n) is 14.7. The second kappa shape index (κ2) is 8.05. The quantitative estimate of drug-likeness (QED) is 0.829. The van der Waals surface area contributed by atoms with Crippen LogP contribution in [0.1, 0.15) is 38.5 Å². The molecular weight excluding hydrogens is 308 g/mol. The lowest BCUT2D eigenvalue weighted by atomic mass is 10.1. The Morgan fingerprint density at radius 3 is 2.21 bits per heavy atom. The highest BCUT2D eigenvalue weighted by Crippen LogP contribution is 2.24. The van der Waals surface area contributed by atoms with Crippen LogP contribution in [-0.4, -0.2) is 85.3 Å². The Morgan fingerprint density at radius 2 is 1.58 bits per heavy atom. The highest BCUT2D eigenvalue weighted by molar-refractivity contribution is 5.75. The van der Waals surface area contributed by atoms with Gasteiger partial charge in [-0.15, -0.1) is 0 Å². The summed E-state index contributed by atoms with van der Waals surface area (Å²) in [6.07, 6.45) is 6.40. The number of rotatable bonds is 2. The molecule has 0 atom stereocenters. The molecule has 1 aliphatic carbocycles. The first-order valence-corrected chi connectivity index (χ1v) is 9.30. The van der Waals surface area contributed by atoms with Crippen LogP contribution < -0.4 is 5.32 Å². The summed E-state index contributed by atoms with van der Waals surface area (Å²) in [6.45, 7) is 4.01. The van der Waals surface area contributed by atoms with Gasteiger partial charge >= 0.3 is 12.1 Å². The van der Waals surface area contributed by atoms with Crippen LogP contribution in [0.15, 0.2) is 0 Å². The molecule has 0 aromatic heterocycles. The van der Waals surface area contributed by atoms with E-state index in [9.17, 15) is 9.59 Å². The van der Waals surface area contributed by atoms with Gasteiger partial charge in [-0.2, -0.15) is 0 Å². The zero-order valence-corrected chi connectivity index (χ0v) is 14.7. The molecule has 1 saturated carbocycles. The minimum atomic E-state index is 0.00569. The van der Waals surface area contributed by atoms with Crippen LogP contribution in [0, 0.1) is 0 Å². The Balaban J connectivity index is 1.41. The van der Waals surface area contributed by atoms with Gasteiger partial charge in [0.1, 0.15) is 0 Å². The van der Waals surface area contributed by atoms with E-state index < -0.39 is 0 Å². The summed E-state index contributed by atoms with van der Waals surface area (Å²) in [5, 5.41) is 3.11. The number of morpholine rings is 1. The number of piperidine rings is 1. The largest absolute Gasteiger partial charge is 0.378 e. The van der Waals surface area contributed by atoms with Crippen molar-refractivity contribution in [2.24, 2.45) is 0 Å². The van der Waals surface area contributed by atoms with Crippen molar-refractivity contribution >= 4 is 12.1 Å². The minimum Gasteiger partial charge on any atom is -0.378 e. The second-order valence-corrected chi connectivity index (χ2v) is 7.14. The summed E-state index contributed by atoms with van der Waals surface area (Å²) >= 11 is 0. The topological polar surface area (TPSA) is 65.1 Å². The van der Waals surface area contributed by atoms with Crippen molar-refractivity contribution in [2.45, 2.75) is 50.6 Å². The van der Waals surface area contributed by atoms with Gasteiger partial charge in [0.2, 0.25) is 0 Å². The Morgan fingerprint density at radius 1 is 0.958 bits per heavy atom. The predicted molar refractivity (Wildman–Crippen MR) is 90.9 cm³/mol. The predicted octanol–water partition coefficient (Wildman–Crippen LogP) is 1.49. The summed E-state index contributed by atoms with van der Waals surface area (Å²) in [6, 6.07) is 0.739. The van der Waals surface area contributed by atoms with Crippen LogP contribution >= 0.6 is 0 Å². The molecule has 3 aliphatic rings. The Labute approximate surface area is 144 Å². The molecule has 0 unspecified atom stereocenters. The van der Waals surface area contributed by atoms with Gasteiger partial charge in [0.25, 0.3) is 0 Å². The van der Waals surface area contributed by atoms with Gasteiger partial charge in [0, 0.05) is 45.3 Å². The summed E-state index contributed by atoms with van der Waals surface area (Å²) in [7, 11) is 1.94. The van der Waals surface area contributed by atoms with E-state index in [0.29, 0.717) is 32.3 Å². The van der Waals surface area contributed by atoms with Gasteiger partial charge in [-0.3, -0.25) is 0 Å². The molecule has 4 amide bonds. The van der Waals surface area contributed by atoms with E-state index in [2.05, 4.69) is 5.32 Å². The standard InChI is InChI=1S/C17H30N4O3/c1-19(15-4-2-3-5-15)17(23)21-8-6-14(7-9-21)18-16(22)20-10-12-24-13-11-20/h14-15H,2-13H2,1H3,(H,18,22). The van der Waals surface area contributed by atoms with Gasteiger partial charge in [-0.05, 0) is 25.7 Å². The first-order chi connectivity index (χ1) is 11.6. The van der Waals surface area contributed by atoms with Crippen molar-refractivity contribution in [2.75, 3.05) is 46.4 Å². The molecule has 7 nitrogen and oxygen atoms in total. The summed E-state index contributed by atoms with van der Waals surface area (Å²) in [5.41, 5.74) is 0. The monoisotopic (exact) mass is 338 g/mol. The van der Waals surface area contributed by atoms with Crippen molar-refractivity contribution in [3.63, 3.8) is 0 Å². The lowest BCUT2D eigenvalue weighted by Gasteiger charge is -2.37. The lowest BCUT2D eigenvalue weighted by Crippen LogP contribution is -2.54. The molecule has 1 N–H and O–H groups in total. The second-order valence-electron chi connectivity index (χ2n) is 7.14. The third kappa shape index (κ3) is 4.12. The minimum absolute atomic E-state index is 0.00569. The molecule has 2 aliphatic heterocycles. The van der Waals surface area contributed by atoms with Gasteiger partial charge in [0.05, 0.1) is 13.2 Å². The fraction of sp³-hybridized carbons (Fsp3) is 0.882. The number of carbonyl (C=O) groups is 2. The Hall–Kier alpha value is -1.50. The molecule has 3 rings (SSSR count). The van der Waals surface area contributed by atoms with E-state index in [1.807, 2.05) is 21.7 Å². The van der Waals surface area contributed by atoms with Crippen LogP contribution in [0.5, 0.6) is 0 Å².